The Bertz CT molecular complexity index is 521. The molecule has 66 valence electrons. The molecule has 3 nitrogen and oxygen atoms in total. The second-order valence-corrected chi connectivity index (χ2v) is 3.36. The first-order valence-electron chi connectivity index (χ1n) is 3.51. The maximum Gasteiger partial charge on any atom is 0.260 e. The van der Waals surface area contributed by atoms with Crippen LogP contribution in [0.2, 0.25) is 10.0 Å². The Balaban J connectivity index is 3.03. The Morgan fingerprint density at radius 3 is 2.85 bits per heavy atom. The first kappa shape index (κ1) is 8.53. The fourth-order valence-electron chi connectivity index (χ4n) is 1.12. The van der Waals surface area contributed by atoms with Crippen LogP contribution in [0.15, 0.2) is 23.3 Å². The number of nitrogens with one attached hydrogen (secondary N) is 1. The molecule has 0 atom stereocenters. The minimum absolute atomic E-state index is 0.258. The minimum atomic E-state index is -0.258. The molecule has 1 N–H and O–H groups in total. The van der Waals surface area contributed by atoms with E-state index >= 15 is 0 Å². The molecule has 0 bridgehead atoms. The molecule has 0 unspecified atom stereocenters. The van der Waals surface area contributed by atoms with Gasteiger partial charge in [-0.15, -0.1) is 0 Å². The highest BCUT2D eigenvalue weighted by Crippen LogP contribution is 2.23. The molecule has 0 aliphatic carbocycles. The maximum atomic E-state index is 11.3. The van der Waals surface area contributed by atoms with E-state index in [1.807, 2.05) is 0 Å². The van der Waals surface area contributed by atoms with E-state index in [2.05, 4.69) is 9.97 Å². The molecule has 2 rings (SSSR count). The Labute approximate surface area is 83.3 Å². The van der Waals surface area contributed by atoms with Crippen LogP contribution in [0.5, 0.6) is 0 Å². The van der Waals surface area contributed by atoms with Crippen molar-refractivity contribution >= 4 is 34.1 Å². The van der Waals surface area contributed by atoms with Gasteiger partial charge in [0, 0.05) is 5.02 Å². The molecule has 1 heterocycles. The highest BCUT2D eigenvalue weighted by Gasteiger charge is 2.05. The van der Waals surface area contributed by atoms with E-state index < -0.39 is 0 Å². The van der Waals surface area contributed by atoms with E-state index in [1.54, 1.807) is 6.07 Å². The van der Waals surface area contributed by atoms with Crippen LogP contribution in [0.25, 0.3) is 10.9 Å². The van der Waals surface area contributed by atoms with Crippen molar-refractivity contribution in [2.24, 2.45) is 0 Å². The predicted molar refractivity (Wildman–Crippen MR) is 52.4 cm³/mol. The van der Waals surface area contributed by atoms with Crippen LogP contribution in [0, 0.1) is 0 Å². The number of H-pyrrole nitrogens is 1. The van der Waals surface area contributed by atoms with E-state index in [4.69, 9.17) is 23.2 Å². The highest BCUT2D eigenvalue weighted by atomic mass is 35.5. The molecule has 2 aromatic rings. The van der Waals surface area contributed by atoms with Gasteiger partial charge in [0.05, 0.1) is 22.3 Å². The van der Waals surface area contributed by atoms with Gasteiger partial charge in [-0.2, -0.15) is 0 Å². The maximum absolute atomic E-state index is 11.3. The second kappa shape index (κ2) is 3.01. The van der Waals surface area contributed by atoms with Crippen LogP contribution in [-0.4, -0.2) is 9.97 Å². The normalized spacial score (nSPS) is 10.6. The molecule has 13 heavy (non-hydrogen) atoms. The van der Waals surface area contributed by atoms with Gasteiger partial charge in [0.15, 0.2) is 0 Å². The molecular formula is C8H4Cl2N2O. The van der Waals surface area contributed by atoms with Gasteiger partial charge in [0.25, 0.3) is 5.56 Å². The summed E-state index contributed by atoms with van der Waals surface area (Å²) >= 11 is 11.6. The lowest BCUT2D eigenvalue weighted by atomic mass is 10.2. The lowest BCUT2D eigenvalue weighted by Crippen LogP contribution is -2.06. The Morgan fingerprint density at radius 1 is 1.31 bits per heavy atom. The Kier molecular flexibility index (Phi) is 1.98. The SMILES string of the molecule is O=c1[nH]cnc2cc(Cl)cc(Cl)c12. The molecule has 1 aromatic carbocycles. The van der Waals surface area contributed by atoms with Gasteiger partial charge >= 0.3 is 0 Å². The van der Waals surface area contributed by atoms with E-state index in [0.29, 0.717) is 20.9 Å². The molecular weight excluding hydrogens is 211 g/mol. The third kappa shape index (κ3) is 1.41. The summed E-state index contributed by atoms with van der Waals surface area (Å²) in [5.41, 5.74) is 0.243. The summed E-state index contributed by atoms with van der Waals surface area (Å²) in [6, 6.07) is 3.11. The Hall–Kier alpha value is -1.06. The summed E-state index contributed by atoms with van der Waals surface area (Å²) in [5.74, 6) is 0. The molecule has 0 aliphatic rings. The average Bonchev–Trinajstić information content (AvgIpc) is 2.02. The van der Waals surface area contributed by atoms with Crippen LogP contribution in [-0.2, 0) is 0 Å². The molecule has 0 saturated carbocycles. The number of nitrogens with zero attached hydrogens (tertiary/aromatic N) is 1. The summed E-state index contributed by atoms with van der Waals surface area (Å²) in [6.45, 7) is 0. The third-order valence-electron chi connectivity index (χ3n) is 1.66. The zero-order chi connectivity index (χ0) is 9.42. The number of hydrogen-bond donors (Lipinski definition) is 1. The van der Waals surface area contributed by atoms with Crippen LogP contribution < -0.4 is 5.56 Å². The van der Waals surface area contributed by atoms with Crippen molar-refractivity contribution in [3.63, 3.8) is 0 Å². The molecule has 0 fully saturated rings. The second-order valence-electron chi connectivity index (χ2n) is 2.51. The first-order chi connectivity index (χ1) is 6.18. The molecule has 0 radical (unpaired) electrons. The van der Waals surface area contributed by atoms with Crippen molar-refractivity contribution in [1.29, 1.82) is 0 Å². The zero-order valence-electron chi connectivity index (χ0n) is 6.34. The van der Waals surface area contributed by atoms with Gasteiger partial charge in [0.1, 0.15) is 0 Å². The fraction of sp³-hybridized carbons (Fsp3) is 0. The van der Waals surface area contributed by atoms with Crippen molar-refractivity contribution < 1.29 is 0 Å². The van der Waals surface area contributed by atoms with E-state index in [1.165, 1.54) is 12.4 Å². The van der Waals surface area contributed by atoms with Crippen molar-refractivity contribution in [2.45, 2.75) is 0 Å². The third-order valence-corrected chi connectivity index (χ3v) is 2.18. The van der Waals surface area contributed by atoms with Crippen LogP contribution in [0.3, 0.4) is 0 Å². The average molecular weight is 215 g/mol. The summed E-state index contributed by atoms with van der Waals surface area (Å²) < 4.78 is 0. The predicted octanol–water partition coefficient (Wildman–Crippen LogP) is 2.23. The summed E-state index contributed by atoms with van der Waals surface area (Å²) in [5, 5.41) is 1.15. The van der Waals surface area contributed by atoms with Gasteiger partial charge in [0.2, 0.25) is 0 Å². The van der Waals surface area contributed by atoms with Gasteiger partial charge in [-0.1, -0.05) is 23.2 Å². The number of aromatic nitrogens is 2. The monoisotopic (exact) mass is 214 g/mol. The largest absolute Gasteiger partial charge is 0.313 e. The number of benzene rings is 1. The molecule has 5 heteroatoms. The van der Waals surface area contributed by atoms with Crippen molar-refractivity contribution in [2.75, 3.05) is 0 Å². The molecule has 0 saturated heterocycles. The highest BCUT2D eigenvalue weighted by molar-refractivity contribution is 6.38. The van der Waals surface area contributed by atoms with Gasteiger partial charge in [-0.3, -0.25) is 4.79 Å². The van der Waals surface area contributed by atoms with Crippen molar-refractivity contribution in [3.05, 3.63) is 38.9 Å². The summed E-state index contributed by atoms with van der Waals surface area (Å²) in [7, 11) is 0. The van der Waals surface area contributed by atoms with Crippen LogP contribution >= 0.6 is 23.2 Å². The quantitative estimate of drug-likeness (QED) is 0.732. The number of fused-ring (bicyclic) bond motifs is 1. The topological polar surface area (TPSA) is 45.8 Å². The van der Waals surface area contributed by atoms with Crippen LogP contribution in [0.1, 0.15) is 0 Å². The van der Waals surface area contributed by atoms with Crippen LogP contribution in [0.4, 0.5) is 0 Å². The van der Waals surface area contributed by atoms with E-state index in [-0.39, 0.29) is 5.56 Å². The summed E-state index contributed by atoms with van der Waals surface area (Å²) in [6.07, 6.45) is 1.32. The molecule has 0 amide bonds. The van der Waals surface area contributed by atoms with Gasteiger partial charge < -0.3 is 4.98 Å². The van der Waals surface area contributed by atoms with Gasteiger partial charge in [-0.25, -0.2) is 4.98 Å². The number of halogens is 2. The van der Waals surface area contributed by atoms with Crippen molar-refractivity contribution in [1.82, 2.24) is 9.97 Å². The fourth-order valence-corrected chi connectivity index (χ4v) is 1.69. The lowest BCUT2D eigenvalue weighted by molar-refractivity contribution is 1.17. The standard InChI is InChI=1S/C8H4Cl2N2O/c9-4-1-5(10)7-6(2-4)11-3-12-8(7)13/h1-3H,(H,11,12,13). The smallest absolute Gasteiger partial charge is 0.260 e. The number of rotatable bonds is 0. The number of hydrogen-bond acceptors (Lipinski definition) is 2. The lowest BCUT2D eigenvalue weighted by Gasteiger charge is -1.98. The Morgan fingerprint density at radius 2 is 2.08 bits per heavy atom. The van der Waals surface area contributed by atoms with E-state index in [9.17, 15) is 4.79 Å². The molecule has 0 aliphatic heterocycles. The summed E-state index contributed by atoms with van der Waals surface area (Å²) in [4.78, 5) is 17.7. The zero-order valence-corrected chi connectivity index (χ0v) is 7.86. The molecule has 1 aromatic heterocycles. The number of aromatic amines is 1. The minimum Gasteiger partial charge on any atom is -0.313 e. The van der Waals surface area contributed by atoms with Gasteiger partial charge in [-0.05, 0) is 12.1 Å². The first-order valence-corrected chi connectivity index (χ1v) is 4.26. The molecule has 0 spiro atoms. The van der Waals surface area contributed by atoms with E-state index in [0.717, 1.165) is 0 Å². The van der Waals surface area contributed by atoms with Crippen molar-refractivity contribution in [3.8, 4) is 0 Å².